The van der Waals surface area contributed by atoms with Crippen molar-refractivity contribution in [2.24, 2.45) is 16.8 Å². The molecule has 28 heavy (non-hydrogen) atoms. The summed E-state index contributed by atoms with van der Waals surface area (Å²) in [5.74, 6) is -0.621. The van der Waals surface area contributed by atoms with Gasteiger partial charge in [-0.05, 0) is 55.4 Å². The van der Waals surface area contributed by atoms with Crippen LogP contribution in [0.2, 0.25) is 10.0 Å². The van der Waals surface area contributed by atoms with Gasteiger partial charge in [0.2, 0.25) is 0 Å². The molecule has 2 atom stereocenters. The van der Waals surface area contributed by atoms with E-state index >= 15 is 0 Å². The summed E-state index contributed by atoms with van der Waals surface area (Å²) in [7, 11) is 0. The molecule has 2 amide bonds. The Kier molecular flexibility index (Phi) is 7.00. The number of rotatable bonds is 5. The van der Waals surface area contributed by atoms with Gasteiger partial charge in [0.25, 0.3) is 0 Å². The average molecular weight is 425 g/mol. The van der Waals surface area contributed by atoms with Gasteiger partial charge in [0.15, 0.2) is 0 Å². The second kappa shape index (κ2) is 9.27. The Labute approximate surface area is 175 Å². The van der Waals surface area contributed by atoms with Crippen LogP contribution in [0.25, 0.3) is 0 Å². The third kappa shape index (κ3) is 4.69. The van der Waals surface area contributed by atoms with Crippen LogP contribution in [0.15, 0.2) is 17.1 Å². The number of nitrogens with one attached hydrogen (secondary N) is 1. The van der Waals surface area contributed by atoms with Gasteiger partial charge in [-0.2, -0.15) is 0 Å². The predicted molar refractivity (Wildman–Crippen MR) is 111 cm³/mol. The number of ether oxygens (including phenoxy) is 1. The van der Waals surface area contributed by atoms with Crippen LogP contribution in [0, 0.1) is 18.8 Å². The highest BCUT2D eigenvalue weighted by atomic mass is 35.5. The van der Waals surface area contributed by atoms with Crippen LogP contribution >= 0.6 is 23.2 Å². The van der Waals surface area contributed by atoms with Crippen molar-refractivity contribution in [3.63, 3.8) is 0 Å². The number of halogens is 2. The van der Waals surface area contributed by atoms with E-state index in [-0.39, 0.29) is 5.97 Å². The molecule has 1 aromatic carbocycles. The molecular formula is C21H26Cl2N2O3. The van der Waals surface area contributed by atoms with Gasteiger partial charge in [-0.15, -0.1) is 0 Å². The minimum Gasteiger partial charge on any atom is -0.465 e. The molecular weight excluding hydrogens is 399 g/mol. The smallest absolute Gasteiger partial charge is 0.341 e. The van der Waals surface area contributed by atoms with Crippen LogP contribution in [0.5, 0.6) is 0 Å². The van der Waals surface area contributed by atoms with Crippen molar-refractivity contribution in [1.82, 2.24) is 5.32 Å². The lowest BCUT2D eigenvalue weighted by Crippen LogP contribution is -2.45. The molecule has 5 nitrogen and oxygen atoms in total. The average Bonchev–Trinajstić information content (AvgIpc) is 2.69. The molecule has 1 saturated carbocycles. The quantitative estimate of drug-likeness (QED) is 0.620. The first-order chi connectivity index (χ1) is 13.4. The number of hydrogen-bond acceptors (Lipinski definition) is 3. The Bertz CT molecular complexity index is 765. The third-order valence-corrected chi connectivity index (χ3v) is 6.47. The zero-order valence-electron chi connectivity index (χ0n) is 16.3. The topological polar surface area (TPSA) is 67.8 Å². The summed E-state index contributed by atoms with van der Waals surface area (Å²) < 4.78 is 5.69. The lowest BCUT2D eigenvalue weighted by atomic mass is 9.86. The van der Waals surface area contributed by atoms with Gasteiger partial charge >= 0.3 is 12.0 Å². The zero-order chi connectivity index (χ0) is 20.3. The fourth-order valence-electron chi connectivity index (χ4n) is 3.98. The molecule has 0 spiro atoms. The highest BCUT2D eigenvalue weighted by Crippen LogP contribution is 2.35. The molecule has 0 saturated heterocycles. The summed E-state index contributed by atoms with van der Waals surface area (Å²) in [4.78, 5) is 29.2. The maximum atomic E-state index is 13.0. The minimum atomic E-state index is -0.680. The van der Waals surface area contributed by atoms with E-state index in [9.17, 15) is 9.59 Å². The van der Waals surface area contributed by atoms with Crippen LogP contribution in [0.4, 0.5) is 4.79 Å². The molecule has 0 bridgehead atoms. The van der Waals surface area contributed by atoms with Crippen LogP contribution in [0.1, 0.15) is 62.6 Å². The normalized spacial score (nSPS) is 23.1. The van der Waals surface area contributed by atoms with E-state index in [1.165, 1.54) is 19.3 Å². The second-order valence-corrected chi connectivity index (χ2v) is 8.42. The van der Waals surface area contributed by atoms with Crippen molar-refractivity contribution in [1.29, 1.82) is 0 Å². The van der Waals surface area contributed by atoms with E-state index in [2.05, 4.69) is 10.3 Å². The fraction of sp³-hybridized carbons (Fsp3) is 0.571. The van der Waals surface area contributed by atoms with Crippen LogP contribution < -0.4 is 5.32 Å². The van der Waals surface area contributed by atoms with E-state index in [1.54, 1.807) is 12.1 Å². The van der Waals surface area contributed by atoms with Gasteiger partial charge in [-0.25, -0.2) is 9.79 Å². The van der Waals surface area contributed by atoms with E-state index in [4.69, 9.17) is 27.9 Å². The number of carbonyl (C=O) groups is 2. The predicted octanol–water partition coefficient (Wildman–Crippen LogP) is 5.66. The number of esters is 1. The summed E-state index contributed by atoms with van der Waals surface area (Å²) in [6.45, 7) is 4.12. The van der Waals surface area contributed by atoms with Crippen molar-refractivity contribution < 1.29 is 14.3 Å². The Morgan fingerprint density at radius 2 is 1.86 bits per heavy atom. The van der Waals surface area contributed by atoms with Gasteiger partial charge in [-0.1, -0.05) is 49.4 Å². The van der Waals surface area contributed by atoms with Crippen LogP contribution in [-0.2, 0) is 9.53 Å². The number of carbonyl (C=O) groups excluding carboxylic acids is 2. The van der Waals surface area contributed by atoms with Crippen molar-refractivity contribution in [2.75, 3.05) is 6.61 Å². The standard InChI is InChI=1S/C21H26Cl2N2O3/c1-3-17-18(20(26)28-11-13-7-5-4-6-8-13)19(25-21(27)24-17)14-9-15(22)12(2)16(23)10-14/h9-10,13,18-19H,3-8,11H2,1-2H3,(H,25,27). The Hall–Kier alpha value is -1.59. The highest BCUT2D eigenvalue weighted by molar-refractivity contribution is 6.36. The van der Waals surface area contributed by atoms with Gasteiger partial charge in [0, 0.05) is 15.8 Å². The second-order valence-electron chi connectivity index (χ2n) is 7.61. The van der Waals surface area contributed by atoms with Crippen molar-refractivity contribution >= 4 is 40.9 Å². The number of hydrogen-bond donors (Lipinski definition) is 1. The highest BCUT2D eigenvalue weighted by Gasteiger charge is 2.39. The molecule has 1 aromatic rings. The van der Waals surface area contributed by atoms with Gasteiger partial charge in [0.05, 0.1) is 12.6 Å². The third-order valence-electron chi connectivity index (χ3n) is 5.68. The van der Waals surface area contributed by atoms with Gasteiger partial charge in [0.1, 0.15) is 5.92 Å². The summed E-state index contributed by atoms with van der Waals surface area (Å²) in [6, 6.07) is 2.42. The number of nitrogens with zero attached hydrogens (tertiary/aromatic N) is 1. The minimum absolute atomic E-state index is 0.357. The van der Waals surface area contributed by atoms with E-state index in [0.29, 0.717) is 40.3 Å². The summed E-state index contributed by atoms with van der Waals surface area (Å²) in [5, 5.41) is 3.78. The van der Waals surface area contributed by atoms with Crippen molar-refractivity contribution in [3.05, 3.63) is 33.3 Å². The molecule has 152 valence electrons. The summed E-state index contributed by atoms with van der Waals surface area (Å²) in [5.41, 5.74) is 1.96. The molecule has 1 N–H and O–H groups in total. The number of urea groups is 1. The summed E-state index contributed by atoms with van der Waals surface area (Å²) in [6.07, 6.45) is 6.30. The lowest BCUT2D eigenvalue weighted by Gasteiger charge is -2.31. The molecule has 2 unspecified atom stereocenters. The first-order valence-corrected chi connectivity index (χ1v) is 10.7. The molecule has 1 heterocycles. The number of amides is 2. The molecule has 0 aromatic heterocycles. The van der Waals surface area contributed by atoms with E-state index in [1.807, 2.05) is 13.8 Å². The van der Waals surface area contributed by atoms with Gasteiger partial charge < -0.3 is 10.1 Å². The maximum Gasteiger partial charge on any atom is 0.341 e. The molecule has 0 radical (unpaired) electrons. The monoisotopic (exact) mass is 424 g/mol. The SMILES string of the molecule is CCC1=NC(=O)NC(c2cc(Cl)c(C)c(Cl)c2)C1C(=O)OCC1CCCCC1. The Morgan fingerprint density at radius 1 is 1.21 bits per heavy atom. The molecule has 2 aliphatic rings. The zero-order valence-corrected chi connectivity index (χ0v) is 17.8. The first kappa shape index (κ1) is 21.1. The molecule has 7 heteroatoms. The largest absolute Gasteiger partial charge is 0.465 e. The van der Waals surface area contributed by atoms with Crippen molar-refractivity contribution in [2.45, 2.75) is 58.4 Å². The first-order valence-electron chi connectivity index (χ1n) is 9.90. The fourth-order valence-corrected chi connectivity index (χ4v) is 4.48. The molecule has 3 rings (SSSR count). The Balaban J connectivity index is 1.85. The molecule has 1 aliphatic carbocycles. The molecule has 1 fully saturated rings. The van der Waals surface area contributed by atoms with Crippen molar-refractivity contribution in [3.8, 4) is 0 Å². The Morgan fingerprint density at radius 3 is 2.46 bits per heavy atom. The van der Waals surface area contributed by atoms with Crippen LogP contribution in [-0.4, -0.2) is 24.3 Å². The lowest BCUT2D eigenvalue weighted by molar-refractivity contribution is -0.148. The maximum absolute atomic E-state index is 13.0. The molecule has 1 aliphatic heterocycles. The number of benzene rings is 1. The number of aliphatic imine (C=N–C) groups is 1. The van der Waals surface area contributed by atoms with E-state index < -0.39 is 18.0 Å². The summed E-state index contributed by atoms with van der Waals surface area (Å²) >= 11 is 12.6. The van der Waals surface area contributed by atoms with Crippen LogP contribution in [0.3, 0.4) is 0 Å². The van der Waals surface area contributed by atoms with Gasteiger partial charge in [-0.3, -0.25) is 4.79 Å². The van der Waals surface area contributed by atoms with E-state index in [0.717, 1.165) is 18.4 Å².